The van der Waals surface area contributed by atoms with Gasteiger partial charge in [0.2, 0.25) is 5.91 Å². The number of likely N-dealkylation sites (tertiary alicyclic amines) is 1. The van der Waals surface area contributed by atoms with E-state index in [0.717, 1.165) is 39.0 Å². The van der Waals surface area contributed by atoms with E-state index < -0.39 is 0 Å². The predicted molar refractivity (Wildman–Crippen MR) is 91.5 cm³/mol. The van der Waals surface area contributed by atoms with Gasteiger partial charge in [0, 0.05) is 25.7 Å². The number of rotatable bonds is 7. The molecule has 0 radical (unpaired) electrons. The van der Waals surface area contributed by atoms with Crippen molar-refractivity contribution >= 4 is 30.7 Å². The van der Waals surface area contributed by atoms with Gasteiger partial charge in [-0.05, 0) is 46.7 Å². The Kier molecular flexibility index (Phi) is 13.8. The van der Waals surface area contributed by atoms with Gasteiger partial charge in [0.25, 0.3) is 0 Å². The Balaban J connectivity index is 0. The summed E-state index contributed by atoms with van der Waals surface area (Å²) in [7, 11) is 1.99. The van der Waals surface area contributed by atoms with Crippen molar-refractivity contribution in [3.8, 4) is 0 Å². The molecule has 1 heterocycles. The summed E-state index contributed by atoms with van der Waals surface area (Å²) in [5.74, 6) is 0.233. The zero-order valence-corrected chi connectivity index (χ0v) is 15.0. The van der Waals surface area contributed by atoms with E-state index in [4.69, 9.17) is 10.5 Å². The first-order chi connectivity index (χ1) is 9.04. The monoisotopic (exact) mass is 343 g/mol. The molecule has 0 spiro atoms. The normalized spacial score (nSPS) is 15.8. The van der Waals surface area contributed by atoms with Crippen molar-refractivity contribution in [3.63, 3.8) is 0 Å². The Labute approximate surface area is 141 Å². The third-order valence-corrected chi connectivity index (χ3v) is 3.76. The fourth-order valence-electron chi connectivity index (χ4n) is 2.10. The van der Waals surface area contributed by atoms with Crippen molar-refractivity contribution in [3.05, 3.63) is 0 Å². The lowest BCUT2D eigenvalue weighted by molar-refractivity contribution is -0.135. The molecule has 1 fully saturated rings. The van der Waals surface area contributed by atoms with Crippen LogP contribution in [0.2, 0.25) is 0 Å². The summed E-state index contributed by atoms with van der Waals surface area (Å²) in [6.07, 6.45) is 3.11. The average Bonchev–Trinajstić information content (AvgIpc) is 2.39. The maximum Gasteiger partial charge on any atom is 0.236 e. The van der Waals surface area contributed by atoms with Crippen LogP contribution in [0.1, 0.15) is 33.1 Å². The molecular formula is C14H31Cl2N3O2. The zero-order valence-electron chi connectivity index (χ0n) is 13.4. The third-order valence-electron chi connectivity index (χ3n) is 3.76. The lowest BCUT2D eigenvalue weighted by atomic mass is 10.1. The van der Waals surface area contributed by atoms with Gasteiger partial charge in [-0.3, -0.25) is 9.69 Å². The van der Waals surface area contributed by atoms with Gasteiger partial charge in [-0.2, -0.15) is 0 Å². The SMILES string of the molecule is CC(C)N(C)CC(=O)N1CCC(OCCCN)CC1.Cl.Cl. The standard InChI is InChI=1S/C14H29N3O2.2ClH/c1-12(2)16(3)11-14(18)17-8-5-13(6-9-17)19-10-4-7-15;;/h12-13H,4-11,15H2,1-3H3;2*1H. The Morgan fingerprint density at radius 2 is 1.90 bits per heavy atom. The van der Waals surface area contributed by atoms with Crippen LogP contribution in [0.25, 0.3) is 0 Å². The van der Waals surface area contributed by atoms with Gasteiger partial charge in [-0.25, -0.2) is 0 Å². The second-order valence-electron chi connectivity index (χ2n) is 5.60. The summed E-state index contributed by atoms with van der Waals surface area (Å²) in [6.45, 7) is 7.77. The van der Waals surface area contributed by atoms with Crippen molar-refractivity contribution in [1.29, 1.82) is 0 Å². The number of nitrogens with zero attached hydrogens (tertiary/aromatic N) is 2. The highest BCUT2D eigenvalue weighted by Gasteiger charge is 2.23. The molecule has 1 aliphatic heterocycles. The fourth-order valence-corrected chi connectivity index (χ4v) is 2.10. The second kappa shape index (κ2) is 12.5. The lowest BCUT2D eigenvalue weighted by Gasteiger charge is -2.33. The van der Waals surface area contributed by atoms with Gasteiger partial charge >= 0.3 is 0 Å². The first kappa shape index (κ1) is 23.2. The van der Waals surface area contributed by atoms with E-state index in [9.17, 15) is 4.79 Å². The van der Waals surface area contributed by atoms with Gasteiger partial charge in [0.15, 0.2) is 0 Å². The summed E-state index contributed by atoms with van der Waals surface area (Å²) < 4.78 is 5.74. The molecule has 0 aromatic rings. The summed E-state index contributed by atoms with van der Waals surface area (Å²) in [6, 6.07) is 0.404. The molecule has 0 aliphatic carbocycles. The number of amides is 1. The van der Waals surface area contributed by atoms with Crippen molar-refractivity contribution in [2.75, 3.05) is 39.8 Å². The van der Waals surface area contributed by atoms with Crippen LogP contribution >= 0.6 is 24.8 Å². The molecule has 0 saturated carbocycles. The van der Waals surface area contributed by atoms with Crippen LogP contribution in [0.5, 0.6) is 0 Å². The van der Waals surface area contributed by atoms with E-state index in [1.54, 1.807) is 0 Å². The van der Waals surface area contributed by atoms with Crippen LogP contribution in [0.15, 0.2) is 0 Å². The maximum absolute atomic E-state index is 12.1. The molecule has 0 aromatic heterocycles. The van der Waals surface area contributed by atoms with E-state index >= 15 is 0 Å². The highest BCUT2D eigenvalue weighted by Crippen LogP contribution is 2.14. The Morgan fingerprint density at radius 1 is 1.33 bits per heavy atom. The van der Waals surface area contributed by atoms with Crippen LogP contribution in [0, 0.1) is 0 Å². The third kappa shape index (κ3) is 8.83. The Bertz CT molecular complexity index is 273. The van der Waals surface area contributed by atoms with E-state index in [2.05, 4.69) is 18.7 Å². The molecular weight excluding hydrogens is 313 g/mol. The number of likely N-dealkylation sites (N-methyl/N-ethyl adjacent to an activating group) is 1. The number of piperidine rings is 1. The minimum atomic E-state index is 0. The summed E-state index contributed by atoms with van der Waals surface area (Å²) >= 11 is 0. The Morgan fingerprint density at radius 3 is 2.38 bits per heavy atom. The fraction of sp³-hybridized carbons (Fsp3) is 0.929. The minimum Gasteiger partial charge on any atom is -0.378 e. The van der Waals surface area contributed by atoms with Gasteiger partial charge in [0.1, 0.15) is 0 Å². The first-order valence-corrected chi connectivity index (χ1v) is 7.34. The van der Waals surface area contributed by atoms with Crippen molar-refractivity contribution < 1.29 is 9.53 Å². The van der Waals surface area contributed by atoms with Crippen LogP contribution in [-0.2, 0) is 9.53 Å². The highest BCUT2D eigenvalue weighted by atomic mass is 35.5. The van der Waals surface area contributed by atoms with E-state index in [1.807, 2.05) is 11.9 Å². The summed E-state index contributed by atoms with van der Waals surface area (Å²) in [5, 5.41) is 0. The van der Waals surface area contributed by atoms with Crippen molar-refractivity contribution in [2.45, 2.75) is 45.3 Å². The molecule has 1 amide bonds. The molecule has 0 atom stereocenters. The second-order valence-corrected chi connectivity index (χ2v) is 5.60. The molecule has 0 aromatic carbocycles. The van der Waals surface area contributed by atoms with Gasteiger partial charge in [-0.1, -0.05) is 0 Å². The number of hydrogen-bond acceptors (Lipinski definition) is 4. The molecule has 1 aliphatic rings. The van der Waals surface area contributed by atoms with E-state index in [0.29, 0.717) is 25.2 Å². The largest absolute Gasteiger partial charge is 0.378 e. The quantitative estimate of drug-likeness (QED) is 0.712. The van der Waals surface area contributed by atoms with Gasteiger partial charge in [-0.15, -0.1) is 24.8 Å². The number of nitrogens with two attached hydrogens (primary N) is 1. The topological polar surface area (TPSA) is 58.8 Å². The van der Waals surface area contributed by atoms with E-state index in [1.165, 1.54) is 0 Å². The molecule has 2 N–H and O–H groups in total. The number of carbonyl (C=O) groups is 1. The summed E-state index contributed by atoms with van der Waals surface area (Å²) in [5.41, 5.74) is 5.44. The molecule has 0 unspecified atom stereocenters. The van der Waals surface area contributed by atoms with Gasteiger partial charge in [0.05, 0.1) is 12.6 Å². The van der Waals surface area contributed by atoms with Gasteiger partial charge < -0.3 is 15.4 Å². The average molecular weight is 344 g/mol. The smallest absolute Gasteiger partial charge is 0.236 e. The zero-order chi connectivity index (χ0) is 14.3. The van der Waals surface area contributed by atoms with Crippen LogP contribution in [-0.4, -0.2) is 67.7 Å². The molecule has 7 heteroatoms. The number of ether oxygens (including phenoxy) is 1. The van der Waals surface area contributed by atoms with Crippen molar-refractivity contribution in [1.82, 2.24) is 9.80 Å². The number of carbonyl (C=O) groups excluding carboxylic acids is 1. The molecule has 5 nitrogen and oxygen atoms in total. The lowest BCUT2D eigenvalue weighted by Crippen LogP contribution is -2.46. The number of halogens is 2. The molecule has 21 heavy (non-hydrogen) atoms. The van der Waals surface area contributed by atoms with Crippen LogP contribution in [0.4, 0.5) is 0 Å². The van der Waals surface area contributed by atoms with Crippen LogP contribution in [0.3, 0.4) is 0 Å². The first-order valence-electron chi connectivity index (χ1n) is 7.34. The minimum absolute atomic E-state index is 0. The molecule has 0 bridgehead atoms. The predicted octanol–water partition coefficient (Wildman–Crippen LogP) is 1.53. The van der Waals surface area contributed by atoms with E-state index in [-0.39, 0.29) is 30.7 Å². The van der Waals surface area contributed by atoms with Crippen LogP contribution < -0.4 is 5.73 Å². The maximum atomic E-state index is 12.1. The molecule has 1 rings (SSSR count). The summed E-state index contributed by atoms with van der Waals surface area (Å²) in [4.78, 5) is 16.1. The molecule has 1 saturated heterocycles. The highest BCUT2D eigenvalue weighted by molar-refractivity contribution is 5.85. The molecule has 128 valence electrons. The van der Waals surface area contributed by atoms with Crippen molar-refractivity contribution in [2.24, 2.45) is 5.73 Å². The Hall–Kier alpha value is -0.0700. The number of hydrogen-bond donors (Lipinski definition) is 1.